The molecule has 0 aliphatic rings. The van der Waals surface area contributed by atoms with Crippen LogP contribution in [-0.4, -0.2) is 4.57 Å². The summed E-state index contributed by atoms with van der Waals surface area (Å²) in [6, 6.07) is 45.9. The molecule has 0 radical (unpaired) electrons. The molecule has 202 valence electrons. The number of allylic oxidation sites excluding steroid dienone is 3. The second-order valence-corrected chi connectivity index (χ2v) is 10.8. The summed E-state index contributed by atoms with van der Waals surface area (Å²) in [5, 5.41) is 4.93. The average Bonchev–Trinajstić information content (AvgIpc) is 3.38. The lowest BCUT2D eigenvalue weighted by Crippen LogP contribution is -1.98. The van der Waals surface area contributed by atoms with E-state index in [0.29, 0.717) is 0 Å². The van der Waals surface area contributed by atoms with Gasteiger partial charge in [-0.15, -0.1) is 0 Å². The molecule has 2 nitrogen and oxygen atoms in total. The van der Waals surface area contributed by atoms with E-state index >= 15 is 0 Å². The van der Waals surface area contributed by atoms with Gasteiger partial charge in [0.15, 0.2) is 0 Å². The third kappa shape index (κ3) is 4.29. The lowest BCUT2D eigenvalue weighted by atomic mass is 9.94. The predicted molar refractivity (Wildman–Crippen MR) is 181 cm³/mol. The van der Waals surface area contributed by atoms with E-state index in [9.17, 15) is 0 Å². The van der Waals surface area contributed by atoms with Crippen molar-refractivity contribution in [3.63, 3.8) is 0 Å². The SMILES string of the molecule is C/C=C\C=C(/N)c1ccccc1-c1ccc2c(ccc3c4ccc(-c5ccccc5C)cc4n(-c4ccccc4)c23)c1. The number of aromatic nitrogens is 1. The first-order valence-corrected chi connectivity index (χ1v) is 14.4. The molecule has 0 aliphatic carbocycles. The van der Waals surface area contributed by atoms with E-state index in [0.717, 1.165) is 28.1 Å². The Balaban J connectivity index is 1.49. The molecule has 42 heavy (non-hydrogen) atoms. The highest BCUT2D eigenvalue weighted by Gasteiger charge is 2.17. The Bertz CT molecular complexity index is 2160. The number of nitrogens with zero attached hydrogens (tertiary/aromatic N) is 1. The third-order valence-corrected chi connectivity index (χ3v) is 8.23. The fourth-order valence-corrected chi connectivity index (χ4v) is 6.19. The molecule has 0 spiro atoms. The smallest absolute Gasteiger partial charge is 0.0619 e. The first-order valence-electron chi connectivity index (χ1n) is 14.4. The minimum atomic E-state index is 0.757. The maximum absolute atomic E-state index is 6.50. The van der Waals surface area contributed by atoms with Crippen molar-refractivity contribution in [1.82, 2.24) is 4.57 Å². The van der Waals surface area contributed by atoms with Gasteiger partial charge in [-0.2, -0.15) is 0 Å². The van der Waals surface area contributed by atoms with Crippen LogP contribution in [0, 0.1) is 6.92 Å². The van der Waals surface area contributed by atoms with Crippen LogP contribution in [-0.2, 0) is 0 Å². The minimum absolute atomic E-state index is 0.757. The number of nitrogens with two attached hydrogens (primary N) is 1. The zero-order valence-electron chi connectivity index (χ0n) is 23.9. The maximum atomic E-state index is 6.50. The van der Waals surface area contributed by atoms with Gasteiger partial charge in [0.25, 0.3) is 0 Å². The van der Waals surface area contributed by atoms with Crippen molar-refractivity contribution in [2.45, 2.75) is 13.8 Å². The third-order valence-electron chi connectivity index (χ3n) is 8.23. The number of fused-ring (bicyclic) bond motifs is 5. The lowest BCUT2D eigenvalue weighted by Gasteiger charge is -2.13. The molecule has 0 amide bonds. The van der Waals surface area contributed by atoms with Gasteiger partial charge in [-0.1, -0.05) is 115 Å². The standard InChI is InChI=1S/C40H32N2/c1-3-4-18-38(41)35-17-11-10-16-33(35)28-19-22-34-29(25-28)21-24-37-36-23-20-30(32-15-9-8-12-27(32)2)26-39(36)42(40(34)37)31-13-6-5-7-14-31/h3-26H,41H2,1-2H3/b4-3-,38-18-. The molecular weight excluding hydrogens is 508 g/mol. The summed E-state index contributed by atoms with van der Waals surface area (Å²) >= 11 is 0. The lowest BCUT2D eigenvalue weighted by molar-refractivity contribution is 1.19. The first-order chi connectivity index (χ1) is 20.6. The topological polar surface area (TPSA) is 30.9 Å². The highest BCUT2D eigenvalue weighted by molar-refractivity contribution is 6.19. The molecule has 0 saturated carbocycles. The van der Waals surface area contributed by atoms with Crippen molar-refractivity contribution < 1.29 is 0 Å². The number of benzene rings is 6. The summed E-state index contributed by atoms with van der Waals surface area (Å²) in [6.45, 7) is 4.18. The Morgan fingerprint density at radius 3 is 2.10 bits per heavy atom. The molecule has 0 aliphatic heterocycles. The Hall–Kier alpha value is -5.34. The molecule has 0 fully saturated rings. The number of rotatable bonds is 5. The molecule has 0 atom stereocenters. The molecule has 0 unspecified atom stereocenters. The second-order valence-electron chi connectivity index (χ2n) is 10.8. The number of aryl methyl sites for hydroxylation is 1. The van der Waals surface area contributed by atoms with Gasteiger partial charge in [0, 0.05) is 33.1 Å². The molecule has 2 N–H and O–H groups in total. The molecule has 2 heteroatoms. The van der Waals surface area contributed by atoms with Gasteiger partial charge < -0.3 is 10.3 Å². The summed E-state index contributed by atoms with van der Waals surface area (Å²) in [5.41, 5.74) is 17.9. The largest absolute Gasteiger partial charge is 0.398 e. The molecule has 1 aromatic heterocycles. The van der Waals surface area contributed by atoms with Crippen LogP contribution in [0.1, 0.15) is 18.1 Å². The summed E-state index contributed by atoms with van der Waals surface area (Å²) in [4.78, 5) is 0. The summed E-state index contributed by atoms with van der Waals surface area (Å²) in [6.07, 6.45) is 5.94. The van der Waals surface area contributed by atoms with E-state index in [4.69, 9.17) is 5.73 Å². The van der Waals surface area contributed by atoms with Crippen molar-refractivity contribution in [3.05, 3.63) is 157 Å². The van der Waals surface area contributed by atoms with E-state index in [2.05, 4.69) is 133 Å². The quantitative estimate of drug-likeness (QED) is 0.216. The molecule has 6 aromatic carbocycles. The van der Waals surface area contributed by atoms with Crippen molar-refractivity contribution in [2.75, 3.05) is 0 Å². The zero-order valence-corrected chi connectivity index (χ0v) is 23.9. The molecule has 0 bridgehead atoms. The molecular formula is C40H32N2. The van der Waals surface area contributed by atoms with Gasteiger partial charge in [-0.25, -0.2) is 0 Å². The van der Waals surface area contributed by atoms with E-state index in [1.807, 2.05) is 31.2 Å². The van der Waals surface area contributed by atoms with Crippen molar-refractivity contribution in [2.24, 2.45) is 5.73 Å². The highest BCUT2D eigenvalue weighted by atomic mass is 15.0. The summed E-state index contributed by atoms with van der Waals surface area (Å²) < 4.78 is 2.43. The Morgan fingerprint density at radius 1 is 0.643 bits per heavy atom. The van der Waals surface area contributed by atoms with Crippen molar-refractivity contribution in [1.29, 1.82) is 0 Å². The predicted octanol–water partition coefficient (Wildman–Crippen LogP) is 10.5. The number of hydrogen-bond donors (Lipinski definition) is 1. The van der Waals surface area contributed by atoms with Crippen LogP contribution in [0.5, 0.6) is 0 Å². The number of para-hydroxylation sites is 1. The Kier molecular flexibility index (Phi) is 6.45. The Morgan fingerprint density at radius 2 is 1.31 bits per heavy atom. The van der Waals surface area contributed by atoms with Gasteiger partial charge in [0.2, 0.25) is 0 Å². The van der Waals surface area contributed by atoms with Gasteiger partial charge in [-0.05, 0) is 77.4 Å². The molecule has 1 heterocycles. The fraction of sp³-hybridized carbons (Fsp3) is 0.0500. The summed E-state index contributed by atoms with van der Waals surface area (Å²) in [5.74, 6) is 0. The van der Waals surface area contributed by atoms with Gasteiger partial charge in [0.1, 0.15) is 0 Å². The van der Waals surface area contributed by atoms with Crippen LogP contribution in [0.3, 0.4) is 0 Å². The van der Waals surface area contributed by atoms with Crippen molar-refractivity contribution in [3.8, 4) is 27.9 Å². The number of hydrogen-bond acceptors (Lipinski definition) is 1. The van der Waals surface area contributed by atoms with Crippen LogP contribution in [0.15, 0.2) is 146 Å². The van der Waals surface area contributed by atoms with E-state index in [1.165, 1.54) is 49.3 Å². The van der Waals surface area contributed by atoms with Crippen LogP contribution in [0.4, 0.5) is 0 Å². The average molecular weight is 541 g/mol. The first kappa shape index (κ1) is 25.6. The minimum Gasteiger partial charge on any atom is -0.398 e. The highest BCUT2D eigenvalue weighted by Crippen LogP contribution is 2.40. The van der Waals surface area contributed by atoms with Crippen LogP contribution < -0.4 is 5.73 Å². The van der Waals surface area contributed by atoms with Crippen LogP contribution in [0.25, 0.3) is 66.2 Å². The normalized spacial score (nSPS) is 12.2. The molecule has 0 saturated heterocycles. The molecule has 7 rings (SSSR count). The van der Waals surface area contributed by atoms with Crippen LogP contribution >= 0.6 is 0 Å². The van der Waals surface area contributed by atoms with E-state index in [1.54, 1.807) is 0 Å². The van der Waals surface area contributed by atoms with Crippen LogP contribution in [0.2, 0.25) is 0 Å². The van der Waals surface area contributed by atoms with E-state index in [-0.39, 0.29) is 0 Å². The molecule has 7 aromatic rings. The zero-order chi connectivity index (χ0) is 28.6. The fourth-order valence-electron chi connectivity index (χ4n) is 6.19. The van der Waals surface area contributed by atoms with Gasteiger partial charge in [-0.3, -0.25) is 0 Å². The van der Waals surface area contributed by atoms with Crippen molar-refractivity contribution >= 4 is 38.3 Å². The summed E-state index contributed by atoms with van der Waals surface area (Å²) in [7, 11) is 0. The van der Waals surface area contributed by atoms with Gasteiger partial charge in [0.05, 0.1) is 11.0 Å². The monoisotopic (exact) mass is 540 g/mol. The van der Waals surface area contributed by atoms with E-state index < -0.39 is 0 Å². The maximum Gasteiger partial charge on any atom is 0.0619 e. The Labute approximate surface area is 246 Å². The second kappa shape index (κ2) is 10.6. The van der Waals surface area contributed by atoms with Gasteiger partial charge >= 0.3 is 0 Å².